The Labute approximate surface area is 144 Å². The molecule has 7 nitrogen and oxygen atoms in total. The fourth-order valence-corrected chi connectivity index (χ4v) is 3.92. The van der Waals surface area contributed by atoms with Crippen molar-refractivity contribution in [3.05, 3.63) is 17.6 Å². The zero-order valence-corrected chi connectivity index (χ0v) is 15.6. The topological polar surface area (TPSA) is 82.9 Å². The lowest BCUT2D eigenvalue weighted by Gasteiger charge is -2.31. The van der Waals surface area contributed by atoms with Crippen LogP contribution >= 0.6 is 0 Å². The zero-order chi connectivity index (χ0) is 17.9. The molecule has 0 atom stereocenters. The van der Waals surface area contributed by atoms with Gasteiger partial charge in [0.2, 0.25) is 10.0 Å². The minimum atomic E-state index is -3.61. The fourth-order valence-electron chi connectivity index (χ4n) is 2.87. The number of hydrogen-bond acceptors (Lipinski definition) is 5. The Morgan fingerprint density at radius 3 is 2.54 bits per heavy atom. The molecule has 0 aliphatic carbocycles. The normalized spacial score (nSPS) is 16.8. The molecule has 0 aromatic carbocycles. The number of hydrogen-bond donors (Lipinski definition) is 1. The van der Waals surface area contributed by atoms with Crippen molar-refractivity contribution >= 4 is 15.9 Å². The van der Waals surface area contributed by atoms with Crippen LogP contribution < -0.4 is 5.32 Å². The number of rotatable bonds is 6. The standard InChI is InChI=1S/C16H27N3O4S/c1-5-17-11-13-6-8-19(9-7-13)16(20)14-10-15(12(2)23-14)24(21,22)18(3)4/h10,13,17H,5-9,11H2,1-4H3. The Balaban J connectivity index is 2.07. The van der Waals surface area contributed by atoms with E-state index >= 15 is 0 Å². The van der Waals surface area contributed by atoms with Gasteiger partial charge in [-0.2, -0.15) is 0 Å². The molecule has 1 aliphatic heterocycles. The zero-order valence-electron chi connectivity index (χ0n) is 14.8. The second-order valence-electron chi connectivity index (χ2n) is 6.36. The molecule has 2 heterocycles. The van der Waals surface area contributed by atoms with Crippen LogP contribution in [-0.4, -0.2) is 63.8 Å². The lowest BCUT2D eigenvalue weighted by atomic mass is 9.96. The molecular formula is C16H27N3O4S. The number of carbonyl (C=O) groups is 1. The van der Waals surface area contributed by atoms with E-state index in [0.717, 1.165) is 30.2 Å². The van der Waals surface area contributed by atoms with E-state index in [1.807, 2.05) is 0 Å². The van der Waals surface area contributed by atoms with E-state index in [2.05, 4.69) is 12.2 Å². The number of likely N-dealkylation sites (tertiary alicyclic amines) is 1. The molecule has 2 rings (SSSR count). The highest BCUT2D eigenvalue weighted by Gasteiger charge is 2.29. The van der Waals surface area contributed by atoms with E-state index in [1.54, 1.807) is 11.8 Å². The van der Waals surface area contributed by atoms with Gasteiger partial charge in [-0.25, -0.2) is 12.7 Å². The van der Waals surface area contributed by atoms with Crippen LogP contribution in [0.15, 0.2) is 15.4 Å². The van der Waals surface area contributed by atoms with Gasteiger partial charge in [0, 0.05) is 33.3 Å². The number of sulfonamides is 1. The number of nitrogens with zero attached hydrogens (tertiary/aromatic N) is 2. The van der Waals surface area contributed by atoms with E-state index < -0.39 is 10.0 Å². The minimum absolute atomic E-state index is 0.0536. The third-order valence-corrected chi connectivity index (χ3v) is 6.35. The van der Waals surface area contributed by atoms with Gasteiger partial charge in [0.05, 0.1) is 0 Å². The van der Waals surface area contributed by atoms with Crippen LogP contribution in [0.25, 0.3) is 0 Å². The first-order valence-electron chi connectivity index (χ1n) is 8.30. The summed E-state index contributed by atoms with van der Waals surface area (Å²) in [6, 6.07) is 1.34. The molecule has 0 spiro atoms. The van der Waals surface area contributed by atoms with Gasteiger partial charge in [-0.1, -0.05) is 6.92 Å². The van der Waals surface area contributed by atoms with Crippen molar-refractivity contribution in [2.24, 2.45) is 5.92 Å². The van der Waals surface area contributed by atoms with Crippen LogP contribution in [-0.2, 0) is 10.0 Å². The first-order chi connectivity index (χ1) is 11.3. The van der Waals surface area contributed by atoms with E-state index in [-0.39, 0.29) is 22.3 Å². The van der Waals surface area contributed by atoms with Crippen molar-refractivity contribution in [2.75, 3.05) is 40.3 Å². The second kappa shape index (κ2) is 7.67. The van der Waals surface area contributed by atoms with Crippen molar-refractivity contribution in [3.8, 4) is 0 Å². The summed E-state index contributed by atoms with van der Waals surface area (Å²) in [4.78, 5) is 14.4. The largest absolute Gasteiger partial charge is 0.455 e. The summed E-state index contributed by atoms with van der Waals surface area (Å²) in [5.41, 5.74) is 0. The van der Waals surface area contributed by atoms with Crippen LogP contribution in [0.3, 0.4) is 0 Å². The van der Waals surface area contributed by atoms with Gasteiger partial charge in [0.1, 0.15) is 10.7 Å². The first kappa shape index (κ1) is 19.0. The Morgan fingerprint density at radius 2 is 2.00 bits per heavy atom. The molecule has 0 unspecified atom stereocenters. The SMILES string of the molecule is CCNCC1CCN(C(=O)c2cc(S(=O)(=O)N(C)C)c(C)o2)CC1. The summed E-state index contributed by atoms with van der Waals surface area (Å²) in [5, 5.41) is 3.34. The van der Waals surface area contributed by atoms with Gasteiger partial charge in [0.25, 0.3) is 5.91 Å². The van der Waals surface area contributed by atoms with Gasteiger partial charge in [0.15, 0.2) is 5.76 Å². The summed E-state index contributed by atoms with van der Waals surface area (Å²) < 4.78 is 31.0. The summed E-state index contributed by atoms with van der Waals surface area (Å²) in [6.07, 6.45) is 1.89. The second-order valence-corrected chi connectivity index (χ2v) is 8.48. The lowest BCUT2D eigenvalue weighted by molar-refractivity contribution is 0.0657. The van der Waals surface area contributed by atoms with Gasteiger partial charge < -0.3 is 14.6 Å². The third kappa shape index (κ3) is 3.99. The Kier molecular flexibility index (Phi) is 6.06. The molecule has 1 N–H and O–H groups in total. The number of furan rings is 1. The summed E-state index contributed by atoms with van der Waals surface area (Å²) in [7, 11) is -0.696. The molecular weight excluding hydrogens is 330 g/mol. The predicted octanol–water partition coefficient (Wildman–Crippen LogP) is 1.30. The lowest BCUT2D eigenvalue weighted by Crippen LogP contribution is -2.40. The van der Waals surface area contributed by atoms with E-state index in [0.29, 0.717) is 19.0 Å². The van der Waals surface area contributed by atoms with E-state index in [1.165, 1.54) is 20.2 Å². The van der Waals surface area contributed by atoms with Crippen molar-refractivity contribution in [3.63, 3.8) is 0 Å². The van der Waals surface area contributed by atoms with Crippen molar-refractivity contribution < 1.29 is 17.6 Å². The molecule has 0 saturated carbocycles. The quantitative estimate of drug-likeness (QED) is 0.830. The molecule has 1 fully saturated rings. The third-order valence-electron chi connectivity index (χ3n) is 4.43. The molecule has 24 heavy (non-hydrogen) atoms. The van der Waals surface area contributed by atoms with E-state index in [4.69, 9.17) is 4.42 Å². The van der Waals surface area contributed by atoms with Crippen LogP contribution in [0.2, 0.25) is 0 Å². The number of piperidine rings is 1. The van der Waals surface area contributed by atoms with Crippen LogP contribution in [0.4, 0.5) is 0 Å². The summed E-state index contributed by atoms with van der Waals surface area (Å²) in [5.74, 6) is 0.685. The van der Waals surface area contributed by atoms with Gasteiger partial charge in [-0.05, 0) is 38.8 Å². The fraction of sp³-hybridized carbons (Fsp3) is 0.688. The molecule has 1 saturated heterocycles. The molecule has 1 aliphatic rings. The summed E-state index contributed by atoms with van der Waals surface area (Å²) >= 11 is 0. The maximum atomic E-state index is 12.6. The number of nitrogens with one attached hydrogen (secondary N) is 1. The molecule has 0 radical (unpaired) electrons. The van der Waals surface area contributed by atoms with Crippen molar-refractivity contribution in [1.82, 2.24) is 14.5 Å². The van der Waals surface area contributed by atoms with Crippen LogP contribution in [0.5, 0.6) is 0 Å². The Morgan fingerprint density at radius 1 is 1.38 bits per heavy atom. The average molecular weight is 357 g/mol. The van der Waals surface area contributed by atoms with Gasteiger partial charge in [-0.15, -0.1) is 0 Å². The molecule has 136 valence electrons. The maximum absolute atomic E-state index is 12.6. The minimum Gasteiger partial charge on any atom is -0.455 e. The first-order valence-corrected chi connectivity index (χ1v) is 9.74. The highest BCUT2D eigenvalue weighted by atomic mass is 32.2. The number of carbonyl (C=O) groups excluding carboxylic acids is 1. The predicted molar refractivity (Wildman–Crippen MR) is 91.5 cm³/mol. The van der Waals surface area contributed by atoms with Gasteiger partial charge in [-0.3, -0.25) is 4.79 Å². The summed E-state index contributed by atoms with van der Waals surface area (Å²) in [6.45, 7) is 6.92. The smallest absolute Gasteiger partial charge is 0.289 e. The molecule has 8 heteroatoms. The van der Waals surface area contributed by atoms with Crippen molar-refractivity contribution in [1.29, 1.82) is 0 Å². The van der Waals surface area contributed by atoms with Gasteiger partial charge >= 0.3 is 0 Å². The Hall–Kier alpha value is -1.38. The number of amides is 1. The monoisotopic (exact) mass is 357 g/mol. The number of aryl methyl sites for hydroxylation is 1. The highest BCUT2D eigenvalue weighted by molar-refractivity contribution is 7.89. The van der Waals surface area contributed by atoms with Crippen molar-refractivity contribution in [2.45, 2.75) is 31.6 Å². The molecule has 1 amide bonds. The van der Waals surface area contributed by atoms with Crippen LogP contribution in [0, 0.1) is 12.8 Å². The highest BCUT2D eigenvalue weighted by Crippen LogP contribution is 2.25. The van der Waals surface area contributed by atoms with Crippen LogP contribution in [0.1, 0.15) is 36.1 Å². The molecule has 0 bridgehead atoms. The van der Waals surface area contributed by atoms with E-state index in [9.17, 15) is 13.2 Å². The average Bonchev–Trinajstić information content (AvgIpc) is 2.95. The molecule has 1 aromatic rings. The Bertz CT molecular complexity index is 673. The molecule has 1 aromatic heterocycles. The maximum Gasteiger partial charge on any atom is 0.289 e.